The molecule has 3 atom stereocenters. The molecular weight excluding hydrogens is 334 g/mol. The van der Waals surface area contributed by atoms with Crippen molar-refractivity contribution in [3.8, 4) is 18.2 Å². The molecule has 5 nitrogen and oxygen atoms in total. The molecule has 6 heteroatoms. The Labute approximate surface area is 151 Å². The van der Waals surface area contributed by atoms with E-state index < -0.39 is 11.3 Å². The summed E-state index contributed by atoms with van der Waals surface area (Å²) in [4.78, 5) is 1.25. The summed E-state index contributed by atoms with van der Waals surface area (Å²) < 4.78 is 0. The summed E-state index contributed by atoms with van der Waals surface area (Å²) in [5, 5.41) is 30.0. The summed E-state index contributed by atoms with van der Waals surface area (Å²) in [5.41, 5.74) is 6.60. The number of nitrogens with one attached hydrogen (secondary N) is 1. The van der Waals surface area contributed by atoms with Gasteiger partial charge in [0.2, 0.25) is 0 Å². The third-order valence-corrected chi connectivity index (χ3v) is 5.40. The van der Waals surface area contributed by atoms with Gasteiger partial charge in [0.05, 0.1) is 43.5 Å². The Morgan fingerprint density at radius 1 is 1.28 bits per heavy atom. The highest BCUT2D eigenvalue weighted by Gasteiger charge is 2.55. The molecule has 25 heavy (non-hydrogen) atoms. The first-order valence-electron chi connectivity index (χ1n) is 7.98. The second kappa shape index (κ2) is 6.26. The molecule has 3 N–H and O–H groups in total. The number of nitrogens with zero attached hydrogens (tertiary/aromatic N) is 3. The lowest BCUT2D eigenvalue weighted by molar-refractivity contribution is -0.878. The molecule has 0 aromatic heterocycles. The van der Waals surface area contributed by atoms with E-state index in [4.69, 9.17) is 17.3 Å². The first kappa shape index (κ1) is 17.1. The molecule has 2 aliphatic rings. The van der Waals surface area contributed by atoms with Crippen molar-refractivity contribution >= 4 is 11.6 Å². The number of rotatable bonds is 1. The highest BCUT2D eigenvalue weighted by Crippen LogP contribution is 2.53. The predicted octanol–water partition coefficient (Wildman–Crippen LogP) is 1.28. The summed E-state index contributed by atoms with van der Waals surface area (Å²) >= 11 is 6.16. The van der Waals surface area contributed by atoms with Crippen molar-refractivity contribution in [2.75, 3.05) is 20.1 Å². The number of likely N-dealkylation sites (N-methyl/N-ethyl adjacent to an activating group) is 1. The Balaban J connectivity index is 2.34. The van der Waals surface area contributed by atoms with Crippen molar-refractivity contribution in [3.05, 3.63) is 57.8 Å². The van der Waals surface area contributed by atoms with E-state index in [0.717, 1.165) is 17.7 Å². The third-order valence-electron chi connectivity index (χ3n) is 5.16. The van der Waals surface area contributed by atoms with Crippen LogP contribution in [0.3, 0.4) is 0 Å². The maximum atomic E-state index is 9.93. The average Bonchev–Trinajstić information content (AvgIpc) is 2.61. The van der Waals surface area contributed by atoms with Crippen LogP contribution < -0.4 is 10.6 Å². The number of hydrogen-bond donors (Lipinski definition) is 2. The van der Waals surface area contributed by atoms with Gasteiger partial charge in [-0.05, 0) is 29.3 Å². The lowest BCUT2D eigenvalue weighted by Crippen LogP contribution is -3.10. The second-order valence-corrected chi connectivity index (χ2v) is 7.03. The number of benzene rings is 1. The van der Waals surface area contributed by atoms with Crippen LogP contribution in [0, 0.1) is 45.3 Å². The van der Waals surface area contributed by atoms with Crippen LogP contribution >= 0.6 is 11.6 Å². The van der Waals surface area contributed by atoms with Gasteiger partial charge in [0.1, 0.15) is 6.07 Å². The van der Waals surface area contributed by atoms with Gasteiger partial charge in [0, 0.05) is 16.9 Å². The SMILES string of the molecule is C[NH+]1CC=C2C(C#N)=C(N)C(C#N)(C#N)C(c3cccc(Cl)c3)C2C1. The zero-order valence-corrected chi connectivity index (χ0v) is 14.5. The first-order valence-corrected chi connectivity index (χ1v) is 8.36. The van der Waals surface area contributed by atoms with Gasteiger partial charge in [-0.1, -0.05) is 23.7 Å². The number of quaternary nitrogens is 1. The van der Waals surface area contributed by atoms with Crippen LogP contribution in [0.25, 0.3) is 0 Å². The number of allylic oxidation sites excluding steroid dienone is 2. The molecule has 3 unspecified atom stereocenters. The smallest absolute Gasteiger partial charge is 0.191 e. The Morgan fingerprint density at radius 2 is 2.00 bits per heavy atom. The molecule has 3 rings (SSSR count). The molecule has 1 aliphatic heterocycles. The molecule has 0 spiro atoms. The molecule has 0 fully saturated rings. The third kappa shape index (κ3) is 2.48. The van der Waals surface area contributed by atoms with Crippen LogP contribution in [-0.2, 0) is 0 Å². The number of halogens is 1. The van der Waals surface area contributed by atoms with Gasteiger partial charge in [0.25, 0.3) is 0 Å². The molecule has 0 saturated heterocycles. The molecule has 1 aromatic rings. The van der Waals surface area contributed by atoms with E-state index in [1.54, 1.807) is 18.2 Å². The Kier molecular flexibility index (Phi) is 4.27. The highest BCUT2D eigenvalue weighted by molar-refractivity contribution is 6.30. The van der Waals surface area contributed by atoms with E-state index in [2.05, 4.69) is 25.3 Å². The van der Waals surface area contributed by atoms with E-state index >= 15 is 0 Å². The van der Waals surface area contributed by atoms with Crippen molar-refractivity contribution in [1.29, 1.82) is 15.8 Å². The Morgan fingerprint density at radius 3 is 2.60 bits per heavy atom. The zero-order chi connectivity index (χ0) is 18.2. The van der Waals surface area contributed by atoms with Gasteiger partial charge in [-0.3, -0.25) is 0 Å². The number of nitrogens with two attached hydrogens (primary N) is 1. The maximum Gasteiger partial charge on any atom is 0.191 e. The van der Waals surface area contributed by atoms with Crippen LogP contribution in [0.15, 0.2) is 47.2 Å². The topological polar surface area (TPSA) is 102 Å². The van der Waals surface area contributed by atoms with Crippen molar-refractivity contribution < 1.29 is 4.90 Å². The number of hydrogen-bond acceptors (Lipinski definition) is 4. The minimum absolute atomic E-state index is 0.0482. The molecule has 0 bridgehead atoms. The quantitative estimate of drug-likeness (QED) is 0.796. The predicted molar refractivity (Wildman–Crippen MR) is 92.9 cm³/mol. The second-order valence-electron chi connectivity index (χ2n) is 6.60. The molecule has 0 saturated carbocycles. The summed E-state index contributed by atoms with van der Waals surface area (Å²) in [5.74, 6) is -0.617. The normalized spacial score (nSPS) is 27.3. The molecule has 1 aromatic carbocycles. The molecular formula is C19H17ClN5+. The van der Waals surface area contributed by atoms with Crippen molar-refractivity contribution in [1.82, 2.24) is 0 Å². The summed E-state index contributed by atoms with van der Waals surface area (Å²) in [7, 11) is 2.05. The van der Waals surface area contributed by atoms with Gasteiger partial charge in [-0.25, -0.2) is 0 Å². The molecule has 1 heterocycles. The van der Waals surface area contributed by atoms with Gasteiger partial charge in [0.15, 0.2) is 5.41 Å². The molecule has 1 aliphatic carbocycles. The van der Waals surface area contributed by atoms with Crippen LogP contribution in [0.4, 0.5) is 0 Å². The van der Waals surface area contributed by atoms with Crippen LogP contribution in [0.2, 0.25) is 5.02 Å². The highest BCUT2D eigenvalue weighted by atomic mass is 35.5. The standard InChI is InChI=1S/C19H16ClN5/c1-25-6-5-14-15(8-21)18(24)19(10-22,11-23)17(16(14)9-25)12-3-2-4-13(20)7-12/h2-5,7,16-17H,6,9,24H2,1H3/p+1. The van der Waals surface area contributed by atoms with E-state index in [0.29, 0.717) is 11.6 Å². The van der Waals surface area contributed by atoms with Crippen LogP contribution in [-0.4, -0.2) is 20.1 Å². The van der Waals surface area contributed by atoms with Gasteiger partial charge in [-0.2, -0.15) is 15.8 Å². The maximum absolute atomic E-state index is 9.93. The zero-order valence-electron chi connectivity index (χ0n) is 13.8. The van der Waals surface area contributed by atoms with E-state index in [9.17, 15) is 15.8 Å². The number of fused-ring (bicyclic) bond motifs is 1. The van der Waals surface area contributed by atoms with Gasteiger partial charge in [-0.15, -0.1) is 0 Å². The average molecular weight is 351 g/mol. The number of nitriles is 3. The van der Waals surface area contributed by atoms with Crippen LogP contribution in [0.5, 0.6) is 0 Å². The fourth-order valence-corrected chi connectivity index (χ4v) is 4.20. The minimum atomic E-state index is -1.59. The Hall–Kier alpha value is -2.78. The lowest BCUT2D eigenvalue weighted by Gasteiger charge is -2.43. The van der Waals surface area contributed by atoms with Gasteiger partial charge < -0.3 is 10.6 Å². The molecule has 124 valence electrons. The van der Waals surface area contributed by atoms with Gasteiger partial charge >= 0.3 is 0 Å². The van der Waals surface area contributed by atoms with E-state index in [-0.39, 0.29) is 17.2 Å². The van der Waals surface area contributed by atoms with Crippen molar-refractivity contribution in [3.63, 3.8) is 0 Å². The monoisotopic (exact) mass is 350 g/mol. The summed E-state index contributed by atoms with van der Waals surface area (Å²) in [6, 6.07) is 13.6. The van der Waals surface area contributed by atoms with E-state index in [1.165, 1.54) is 4.90 Å². The minimum Gasteiger partial charge on any atom is -0.399 e. The lowest BCUT2D eigenvalue weighted by atomic mass is 9.58. The molecule has 0 amide bonds. The van der Waals surface area contributed by atoms with E-state index in [1.807, 2.05) is 12.1 Å². The fraction of sp³-hybridized carbons (Fsp3) is 0.316. The summed E-state index contributed by atoms with van der Waals surface area (Å²) in [6.07, 6.45) is 2.01. The largest absolute Gasteiger partial charge is 0.399 e. The van der Waals surface area contributed by atoms with Crippen molar-refractivity contribution in [2.24, 2.45) is 17.1 Å². The summed E-state index contributed by atoms with van der Waals surface area (Å²) in [6.45, 7) is 1.49. The van der Waals surface area contributed by atoms with Crippen molar-refractivity contribution in [2.45, 2.75) is 5.92 Å². The Bertz CT molecular complexity index is 895. The first-order chi connectivity index (χ1) is 12.0. The van der Waals surface area contributed by atoms with Crippen LogP contribution in [0.1, 0.15) is 11.5 Å². The molecule has 0 radical (unpaired) electrons. The fourth-order valence-electron chi connectivity index (χ4n) is 4.00.